The molecule has 2 aromatic rings. The van der Waals surface area contributed by atoms with Crippen LogP contribution in [0.5, 0.6) is 0 Å². The number of amides is 1. The molecule has 140 valence electrons. The van der Waals surface area contributed by atoms with Gasteiger partial charge in [-0.15, -0.1) is 0 Å². The Bertz CT molecular complexity index is 892. The van der Waals surface area contributed by atoms with Gasteiger partial charge in [0.2, 0.25) is 15.9 Å². The van der Waals surface area contributed by atoms with Crippen LogP contribution >= 0.6 is 0 Å². The highest BCUT2D eigenvalue weighted by atomic mass is 32.2. The lowest BCUT2D eigenvalue weighted by Gasteiger charge is -2.24. The summed E-state index contributed by atoms with van der Waals surface area (Å²) in [4.78, 5) is 12.6. The average Bonchev–Trinajstić information content (AvgIpc) is 2.60. The van der Waals surface area contributed by atoms with Crippen molar-refractivity contribution in [3.05, 3.63) is 59.2 Å². The van der Waals surface area contributed by atoms with Crippen LogP contribution in [-0.4, -0.2) is 27.1 Å². The quantitative estimate of drug-likeness (QED) is 0.806. The normalized spacial score (nSPS) is 11.2. The molecule has 1 N–H and O–H groups in total. The van der Waals surface area contributed by atoms with Crippen LogP contribution < -0.4 is 9.62 Å². The summed E-state index contributed by atoms with van der Waals surface area (Å²) in [5.74, 6) is -0.356. The fourth-order valence-electron chi connectivity index (χ4n) is 2.95. The number of carbonyl (C=O) groups excluding carboxylic acids is 1. The first-order valence-electron chi connectivity index (χ1n) is 8.71. The van der Waals surface area contributed by atoms with E-state index in [0.29, 0.717) is 12.1 Å². The molecular weight excluding hydrogens is 348 g/mol. The lowest BCUT2D eigenvalue weighted by Crippen LogP contribution is -2.38. The number of rotatable bonds is 7. The first-order valence-corrected chi connectivity index (χ1v) is 10.6. The zero-order valence-corrected chi connectivity index (χ0v) is 16.6. The molecule has 0 heterocycles. The molecule has 0 aromatic heterocycles. The van der Waals surface area contributed by atoms with E-state index in [2.05, 4.69) is 5.32 Å². The maximum atomic E-state index is 12.6. The molecule has 0 saturated heterocycles. The topological polar surface area (TPSA) is 66.5 Å². The molecule has 1 amide bonds. The summed E-state index contributed by atoms with van der Waals surface area (Å²) in [6.45, 7) is 5.65. The Morgan fingerprint density at radius 3 is 2.23 bits per heavy atom. The highest BCUT2D eigenvalue weighted by Gasteiger charge is 2.23. The van der Waals surface area contributed by atoms with E-state index in [4.69, 9.17) is 0 Å². The molecule has 0 atom stereocenters. The van der Waals surface area contributed by atoms with Gasteiger partial charge in [-0.3, -0.25) is 9.10 Å². The van der Waals surface area contributed by atoms with Crippen LogP contribution in [0.1, 0.15) is 30.5 Å². The predicted octanol–water partition coefficient (Wildman–Crippen LogP) is 3.52. The summed E-state index contributed by atoms with van der Waals surface area (Å²) in [5, 5.41) is 2.89. The number of nitrogens with zero attached hydrogens (tertiary/aromatic N) is 1. The summed E-state index contributed by atoms with van der Waals surface area (Å²) in [5.41, 5.74) is 4.18. The van der Waals surface area contributed by atoms with E-state index in [1.165, 1.54) is 4.31 Å². The standard InChI is InChI=1S/C20H26N2O3S/c1-5-16-11-7-8-13-18(16)22(26(4,24)25)14-19(23)21-20-15(3)10-9-12-17(20)6-2/h7-13H,5-6,14H2,1-4H3,(H,21,23). The summed E-state index contributed by atoms with van der Waals surface area (Å²) >= 11 is 0. The van der Waals surface area contributed by atoms with Crippen LogP contribution in [0.4, 0.5) is 11.4 Å². The molecule has 0 radical (unpaired) electrons. The third-order valence-corrected chi connectivity index (χ3v) is 5.46. The minimum atomic E-state index is -3.59. The molecule has 0 aliphatic carbocycles. The largest absolute Gasteiger partial charge is 0.324 e. The molecule has 0 aliphatic heterocycles. The van der Waals surface area contributed by atoms with Crippen molar-refractivity contribution >= 4 is 27.3 Å². The second kappa shape index (κ2) is 8.36. The Morgan fingerprint density at radius 2 is 1.62 bits per heavy atom. The van der Waals surface area contributed by atoms with Crippen LogP contribution in [0.15, 0.2) is 42.5 Å². The summed E-state index contributed by atoms with van der Waals surface area (Å²) in [6.07, 6.45) is 2.59. The summed E-state index contributed by atoms with van der Waals surface area (Å²) < 4.78 is 25.8. The molecule has 2 rings (SSSR count). The maximum absolute atomic E-state index is 12.6. The fraction of sp³-hybridized carbons (Fsp3) is 0.350. The van der Waals surface area contributed by atoms with Gasteiger partial charge < -0.3 is 5.32 Å². The number of nitrogens with one attached hydrogen (secondary N) is 1. The van der Waals surface area contributed by atoms with Crippen molar-refractivity contribution in [2.75, 3.05) is 22.4 Å². The highest BCUT2D eigenvalue weighted by Crippen LogP contribution is 2.24. The van der Waals surface area contributed by atoms with Crippen LogP contribution in [0.2, 0.25) is 0 Å². The Labute approximate surface area is 156 Å². The number of hydrogen-bond donors (Lipinski definition) is 1. The van der Waals surface area contributed by atoms with Gasteiger partial charge >= 0.3 is 0 Å². The fourth-order valence-corrected chi connectivity index (χ4v) is 3.83. The first-order chi connectivity index (χ1) is 12.3. The van der Waals surface area contributed by atoms with Crippen molar-refractivity contribution in [1.82, 2.24) is 0 Å². The number of benzene rings is 2. The number of carbonyl (C=O) groups is 1. The van der Waals surface area contributed by atoms with E-state index in [1.807, 2.05) is 51.1 Å². The van der Waals surface area contributed by atoms with Crippen LogP contribution in [0.25, 0.3) is 0 Å². The van der Waals surface area contributed by atoms with Gasteiger partial charge in [-0.05, 0) is 42.5 Å². The Kier molecular flexibility index (Phi) is 6.42. The van der Waals surface area contributed by atoms with Crippen LogP contribution in [-0.2, 0) is 27.7 Å². The van der Waals surface area contributed by atoms with E-state index in [9.17, 15) is 13.2 Å². The van der Waals surface area contributed by atoms with Crippen molar-refractivity contribution in [1.29, 1.82) is 0 Å². The van der Waals surface area contributed by atoms with Gasteiger partial charge in [0.05, 0.1) is 11.9 Å². The summed E-state index contributed by atoms with van der Waals surface area (Å²) in [6, 6.07) is 13.1. The zero-order valence-electron chi connectivity index (χ0n) is 15.7. The number of hydrogen-bond acceptors (Lipinski definition) is 3. The smallest absolute Gasteiger partial charge is 0.245 e. The highest BCUT2D eigenvalue weighted by molar-refractivity contribution is 7.92. The molecule has 0 saturated carbocycles. The van der Waals surface area contributed by atoms with Crippen molar-refractivity contribution in [2.45, 2.75) is 33.6 Å². The number of aryl methyl sites for hydroxylation is 3. The van der Waals surface area contributed by atoms with Crippen LogP contribution in [0.3, 0.4) is 0 Å². The number of sulfonamides is 1. The van der Waals surface area contributed by atoms with Crippen molar-refractivity contribution < 1.29 is 13.2 Å². The molecule has 6 heteroatoms. The van der Waals surface area contributed by atoms with Gasteiger partial charge in [0, 0.05) is 5.69 Å². The van der Waals surface area contributed by atoms with Crippen molar-refractivity contribution in [3.8, 4) is 0 Å². The van der Waals surface area contributed by atoms with Gasteiger partial charge in [-0.25, -0.2) is 8.42 Å². The van der Waals surface area contributed by atoms with Gasteiger partial charge in [-0.1, -0.05) is 50.2 Å². The van der Waals surface area contributed by atoms with Crippen molar-refractivity contribution in [2.24, 2.45) is 0 Å². The third-order valence-electron chi connectivity index (χ3n) is 4.33. The van der Waals surface area contributed by atoms with E-state index < -0.39 is 10.0 Å². The zero-order chi connectivity index (χ0) is 19.3. The van der Waals surface area contributed by atoms with E-state index >= 15 is 0 Å². The molecule has 26 heavy (non-hydrogen) atoms. The molecule has 0 fully saturated rings. The lowest BCUT2D eigenvalue weighted by molar-refractivity contribution is -0.114. The van der Waals surface area contributed by atoms with E-state index in [0.717, 1.165) is 35.1 Å². The molecule has 5 nitrogen and oxygen atoms in total. The molecule has 0 spiro atoms. The molecular formula is C20H26N2O3S. The van der Waals surface area contributed by atoms with E-state index in [-0.39, 0.29) is 12.5 Å². The number of anilines is 2. The lowest BCUT2D eigenvalue weighted by atomic mass is 10.1. The van der Waals surface area contributed by atoms with Gasteiger partial charge in [0.1, 0.15) is 6.54 Å². The monoisotopic (exact) mass is 374 g/mol. The Hall–Kier alpha value is -2.34. The van der Waals surface area contributed by atoms with Gasteiger partial charge in [0.25, 0.3) is 0 Å². The van der Waals surface area contributed by atoms with E-state index in [1.54, 1.807) is 12.1 Å². The van der Waals surface area contributed by atoms with Crippen molar-refractivity contribution in [3.63, 3.8) is 0 Å². The maximum Gasteiger partial charge on any atom is 0.245 e. The van der Waals surface area contributed by atoms with Gasteiger partial charge in [0.15, 0.2) is 0 Å². The SMILES string of the molecule is CCc1ccccc1N(CC(=O)Nc1c(C)cccc1CC)S(C)(=O)=O. The molecule has 0 bridgehead atoms. The second-order valence-electron chi connectivity index (χ2n) is 6.26. The second-order valence-corrected chi connectivity index (χ2v) is 8.17. The third kappa shape index (κ3) is 4.64. The van der Waals surface area contributed by atoms with Crippen LogP contribution in [0, 0.1) is 6.92 Å². The molecule has 2 aromatic carbocycles. The first kappa shape index (κ1) is 20.0. The summed E-state index contributed by atoms with van der Waals surface area (Å²) in [7, 11) is -3.59. The molecule has 0 unspecified atom stereocenters. The Balaban J connectivity index is 2.32. The molecule has 0 aliphatic rings. The number of para-hydroxylation sites is 2. The predicted molar refractivity (Wildman–Crippen MR) is 107 cm³/mol. The average molecular weight is 375 g/mol. The minimum Gasteiger partial charge on any atom is -0.324 e. The minimum absolute atomic E-state index is 0.257. The van der Waals surface area contributed by atoms with Gasteiger partial charge in [-0.2, -0.15) is 0 Å². The Morgan fingerprint density at radius 1 is 1.00 bits per heavy atom.